The van der Waals surface area contributed by atoms with Gasteiger partial charge < -0.3 is 8.83 Å². The number of carbonyl (C=O) groups excluding carboxylic acids is 1. The smallest absolute Gasteiger partial charge is 0.322 e. The zero-order chi connectivity index (χ0) is 18.1. The molecule has 0 aliphatic rings. The summed E-state index contributed by atoms with van der Waals surface area (Å²) in [6.45, 7) is 0. The number of carbonyl (C=O) groups is 1. The number of benzene rings is 2. The molecule has 0 spiro atoms. The van der Waals surface area contributed by atoms with Gasteiger partial charge in [-0.3, -0.25) is 14.9 Å². The van der Waals surface area contributed by atoms with Crippen molar-refractivity contribution in [3.05, 3.63) is 75.6 Å². The van der Waals surface area contributed by atoms with Crippen molar-refractivity contribution in [1.82, 2.24) is 10.2 Å². The maximum atomic E-state index is 12.4. The highest BCUT2D eigenvalue weighted by molar-refractivity contribution is 6.33. The van der Waals surface area contributed by atoms with Gasteiger partial charge in [-0.05, 0) is 24.3 Å². The zero-order valence-corrected chi connectivity index (χ0v) is 13.9. The Kier molecular flexibility index (Phi) is 3.98. The molecule has 4 rings (SSSR count). The topological polar surface area (TPSA) is 98.2 Å². The fourth-order valence-electron chi connectivity index (χ4n) is 2.42. The lowest BCUT2D eigenvalue weighted by Crippen LogP contribution is -2.21. The Morgan fingerprint density at radius 1 is 1.04 bits per heavy atom. The molecule has 0 saturated carbocycles. The van der Waals surface area contributed by atoms with Crippen LogP contribution in [0.15, 0.2) is 68.4 Å². The Bertz CT molecular complexity index is 1180. The van der Waals surface area contributed by atoms with Crippen LogP contribution in [0.1, 0.15) is 10.4 Å². The highest BCUT2D eigenvalue weighted by Crippen LogP contribution is 2.27. The van der Waals surface area contributed by atoms with Crippen molar-refractivity contribution in [1.29, 1.82) is 0 Å². The second-order valence-corrected chi connectivity index (χ2v) is 5.73. The molecule has 0 radical (unpaired) electrons. The number of halogens is 1. The number of fused-ring (bicyclic) bond motifs is 1. The Balaban J connectivity index is 1.63. The molecule has 8 heteroatoms. The van der Waals surface area contributed by atoms with Crippen LogP contribution in [0.25, 0.3) is 22.4 Å². The monoisotopic (exact) mass is 367 g/mol. The number of anilines is 1. The highest BCUT2D eigenvalue weighted by Gasteiger charge is 2.18. The summed E-state index contributed by atoms with van der Waals surface area (Å²) in [7, 11) is 0. The first-order chi connectivity index (χ1) is 12.6. The number of hydrogen-bond donors (Lipinski definition) is 1. The van der Waals surface area contributed by atoms with Gasteiger partial charge in [0.15, 0.2) is 0 Å². The van der Waals surface area contributed by atoms with Gasteiger partial charge in [0, 0.05) is 0 Å². The van der Waals surface area contributed by atoms with Crippen molar-refractivity contribution in [2.24, 2.45) is 0 Å². The molecule has 7 nitrogen and oxygen atoms in total. The molecular formula is C18H10ClN3O4. The lowest BCUT2D eigenvalue weighted by Gasteiger charge is -2.01. The zero-order valence-electron chi connectivity index (χ0n) is 13.1. The third kappa shape index (κ3) is 2.84. The average Bonchev–Trinajstić information content (AvgIpc) is 3.10. The molecule has 0 unspecified atom stereocenters. The lowest BCUT2D eigenvalue weighted by molar-refractivity contribution is 0.102. The Hall–Kier alpha value is -3.45. The van der Waals surface area contributed by atoms with Crippen LogP contribution < -0.4 is 10.7 Å². The van der Waals surface area contributed by atoms with Crippen molar-refractivity contribution in [3.63, 3.8) is 0 Å². The predicted molar refractivity (Wildman–Crippen MR) is 95.2 cm³/mol. The van der Waals surface area contributed by atoms with Crippen LogP contribution in [0.3, 0.4) is 0 Å². The van der Waals surface area contributed by atoms with Gasteiger partial charge in [0.1, 0.15) is 17.4 Å². The van der Waals surface area contributed by atoms with E-state index in [1.54, 1.807) is 48.5 Å². The molecule has 2 aromatic carbocycles. The summed E-state index contributed by atoms with van der Waals surface area (Å²) in [5.74, 6) is -0.560. The van der Waals surface area contributed by atoms with Gasteiger partial charge in [-0.25, -0.2) is 0 Å². The molecule has 1 amide bonds. The molecule has 0 fully saturated rings. The van der Waals surface area contributed by atoms with Crippen LogP contribution in [0.5, 0.6) is 0 Å². The minimum Gasteiger partial charge on any atom is -0.463 e. The SMILES string of the molecule is O=C(Nc1nnc(-c2ccccc2Cl)o1)c1coc2ccccc2c1=O. The molecule has 0 atom stereocenters. The number of aromatic nitrogens is 2. The molecular weight excluding hydrogens is 358 g/mol. The Morgan fingerprint density at radius 2 is 1.81 bits per heavy atom. The van der Waals surface area contributed by atoms with E-state index in [1.807, 2.05) is 0 Å². The van der Waals surface area contributed by atoms with E-state index in [9.17, 15) is 9.59 Å². The van der Waals surface area contributed by atoms with Crippen LogP contribution in [-0.4, -0.2) is 16.1 Å². The van der Waals surface area contributed by atoms with E-state index in [1.165, 1.54) is 0 Å². The predicted octanol–water partition coefficient (Wildman–Crippen LogP) is 3.75. The van der Waals surface area contributed by atoms with E-state index >= 15 is 0 Å². The number of rotatable bonds is 3. The largest absolute Gasteiger partial charge is 0.463 e. The van der Waals surface area contributed by atoms with Gasteiger partial charge in [-0.2, -0.15) is 0 Å². The van der Waals surface area contributed by atoms with E-state index in [2.05, 4.69) is 15.5 Å². The molecule has 0 bridgehead atoms. The number of hydrogen-bond acceptors (Lipinski definition) is 6. The Morgan fingerprint density at radius 3 is 2.65 bits per heavy atom. The first-order valence-corrected chi connectivity index (χ1v) is 7.91. The van der Waals surface area contributed by atoms with Gasteiger partial charge in [0.05, 0.1) is 16.0 Å². The van der Waals surface area contributed by atoms with Crippen molar-refractivity contribution in [3.8, 4) is 11.5 Å². The van der Waals surface area contributed by atoms with Gasteiger partial charge >= 0.3 is 6.01 Å². The van der Waals surface area contributed by atoms with Gasteiger partial charge in [0.25, 0.3) is 11.8 Å². The van der Waals surface area contributed by atoms with E-state index in [4.69, 9.17) is 20.4 Å². The molecule has 26 heavy (non-hydrogen) atoms. The van der Waals surface area contributed by atoms with E-state index < -0.39 is 11.3 Å². The van der Waals surface area contributed by atoms with E-state index in [-0.39, 0.29) is 17.5 Å². The second kappa shape index (κ2) is 6.45. The fourth-order valence-corrected chi connectivity index (χ4v) is 2.63. The molecule has 1 N–H and O–H groups in total. The maximum absolute atomic E-state index is 12.4. The average molecular weight is 368 g/mol. The van der Waals surface area contributed by atoms with Gasteiger partial charge in [-0.15, -0.1) is 5.10 Å². The first-order valence-electron chi connectivity index (χ1n) is 7.54. The molecule has 0 aliphatic heterocycles. The van der Waals surface area contributed by atoms with Gasteiger partial charge in [-0.1, -0.05) is 41.0 Å². The maximum Gasteiger partial charge on any atom is 0.322 e. The molecule has 0 saturated heterocycles. The molecule has 4 aromatic rings. The number of amides is 1. The van der Waals surface area contributed by atoms with Crippen LogP contribution in [0.4, 0.5) is 6.01 Å². The molecule has 2 heterocycles. The summed E-state index contributed by atoms with van der Waals surface area (Å²) in [6, 6.07) is 13.4. The molecule has 2 aromatic heterocycles. The Labute approximate surface area is 151 Å². The van der Waals surface area contributed by atoms with Crippen molar-refractivity contribution in [2.75, 3.05) is 5.32 Å². The summed E-state index contributed by atoms with van der Waals surface area (Å²) in [6.07, 6.45) is 1.10. The third-order valence-corrected chi connectivity index (χ3v) is 4.00. The molecule has 128 valence electrons. The molecule has 0 aliphatic carbocycles. The quantitative estimate of drug-likeness (QED) is 0.592. The normalized spacial score (nSPS) is 10.8. The van der Waals surface area contributed by atoms with Crippen molar-refractivity contribution in [2.45, 2.75) is 0 Å². The second-order valence-electron chi connectivity index (χ2n) is 5.32. The minimum atomic E-state index is -0.709. The number of nitrogens with zero attached hydrogens (tertiary/aromatic N) is 2. The van der Waals surface area contributed by atoms with Crippen LogP contribution in [0, 0.1) is 0 Å². The highest BCUT2D eigenvalue weighted by atomic mass is 35.5. The summed E-state index contributed by atoms with van der Waals surface area (Å²) >= 11 is 6.08. The van der Waals surface area contributed by atoms with E-state index in [0.29, 0.717) is 21.6 Å². The summed E-state index contributed by atoms with van der Waals surface area (Å²) in [5, 5.41) is 10.7. The summed E-state index contributed by atoms with van der Waals surface area (Å²) in [5.41, 5.74) is 0.316. The third-order valence-electron chi connectivity index (χ3n) is 3.67. The standard InChI is InChI=1S/C18H10ClN3O4/c19-13-7-3-1-5-10(13)17-21-22-18(26-17)20-16(24)12-9-25-14-8-4-2-6-11(14)15(12)23/h1-9H,(H,20,22,24). The summed E-state index contributed by atoms with van der Waals surface area (Å²) in [4.78, 5) is 24.8. The minimum absolute atomic E-state index is 0.149. The number of nitrogens with one attached hydrogen (secondary N) is 1. The van der Waals surface area contributed by atoms with Crippen molar-refractivity contribution >= 4 is 34.5 Å². The van der Waals surface area contributed by atoms with Crippen LogP contribution >= 0.6 is 11.6 Å². The van der Waals surface area contributed by atoms with Crippen molar-refractivity contribution < 1.29 is 13.6 Å². The van der Waals surface area contributed by atoms with Crippen LogP contribution in [-0.2, 0) is 0 Å². The lowest BCUT2D eigenvalue weighted by atomic mass is 10.1. The van der Waals surface area contributed by atoms with Crippen LogP contribution in [0.2, 0.25) is 5.02 Å². The first kappa shape index (κ1) is 16.0. The summed E-state index contributed by atoms with van der Waals surface area (Å²) < 4.78 is 10.7. The van der Waals surface area contributed by atoms with E-state index in [0.717, 1.165) is 6.26 Å². The number of para-hydroxylation sites is 1. The van der Waals surface area contributed by atoms with Gasteiger partial charge in [0.2, 0.25) is 5.43 Å². The fraction of sp³-hybridized carbons (Fsp3) is 0.